The van der Waals surface area contributed by atoms with E-state index >= 15 is 0 Å². The molecule has 0 aliphatic carbocycles. The highest BCUT2D eigenvalue weighted by molar-refractivity contribution is 5.65. The molecule has 4 heterocycles. The lowest BCUT2D eigenvalue weighted by molar-refractivity contribution is 0.775. The van der Waals surface area contributed by atoms with E-state index in [9.17, 15) is 0 Å². The summed E-state index contributed by atoms with van der Waals surface area (Å²) < 4.78 is 3.66. The molecule has 0 radical (unpaired) electrons. The molecule has 0 bridgehead atoms. The second-order valence-electron chi connectivity index (χ2n) is 6.95. The number of hydrogen-bond donors (Lipinski definition) is 1. The summed E-state index contributed by atoms with van der Waals surface area (Å²) in [5.41, 5.74) is 4.06. The zero-order chi connectivity index (χ0) is 21.2. The van der Waals surface area contributed by atoms with Crippen LogP contribution in [0.3, 0.4) is 0 Å². The van der Waals surface area contributed by atoms with Gasteiger partial charge in [-0.3, -0.25) is 9.08 Å². The van der Waals surface area contributed by atoms with Crippen molar-refractivity contribution in [1.82, 2.24) is 34.3 Å². The maximum atomic E-state index is 7.18. The van der Waals surface area contributed by atoms with Gasteiger partial charge < -0.3 is 5.32 Å². The lowest BCUT2D eigenvalue weighted by Gasteiger charge is -2.07. The summed E-state index contributed by atoms with van der Waals surface area (Å²) in [6.45, 7) is 7.18. The fraction of sp³-hybridized carbons (Fsp3) is 0.0909. The van der Waals surface area contributed by atoms with Gasteiger partial charge in [0.05, 0.1) is 18.5 Å². The first-order chi connectivity index (χ1) is 15.2. The van der Waals surface area contributed by atoms with Crippen molar-refractivity contribution < 1.29 is 0 Å². The second-order valence-corrected chi connectivity index (χ2v) is 6.95. The molecule has 0 spiro atoms. The summed E-state index contributed by atoms with van der Waals surface area (Å²) in [5.74, 6) is 2.10. The zero-order valence-corrected chi connectivity index (χ0v) is 16.6. The van der Waals surface area contributed by atoms with E-state index in [1.165, 1.54) is 0 Å². The van der Waals surface area contributed by atoms with Gasteiger partial charge in [-0.25, -0.2) is 14.8 Å². The van der Waals surface area contributed by atoms with Crippen molar-refractivity contribution in [2.24, 2.45) is 7.05 Å². The third-order valence-corrected chi connectivity index (χ3v) is 4.89. The third-order valence-electron chi connectivity index (χ3n) is 4.89. The van der Waals surface area contributed by atoms with Gasteiger partial charge in [0.1, 0.15) is 11.6 Å². The van der Waals surface area contributed by atoms with E-state index in [2.05, 4.69) is 35.4 Å². The molecule has 5 aromatic rings. The van der Waals surface area contributed by atoms with Gasteiger partial charge in [-0.05, 0) is 18.2 Å². The van der Waals surface area contributed by atoms with Crippen molar-refractivity contribution >= 4 is 23.1 Å². The molecule has 0 fully saturated rings. The number of hydrogen-bond acceptors (Lipinski definition) is 6. The predicted octanol–water partition coefficient (Wildman–Crippen LogP) is 3.80. The van der Waals surface area contributed by atoms with E-state index in [0.29, 0.717) is 18.1 Å². The number of fused-ring (bicyclic) bond motifs is 1. The number of anilines is 2. The summed E-state index contributed by atoms with van der Waals surface area (Å²) in [5, 5.41) is 16.0. The fourth-order valence-electron chi connectivity index (χ4n) is 3.33. The largest absolute Gasteiger partial charge is 0.309 e. The molecule has 0 aliphatic rings. The molecule has 5 rings (SSSR count). The summed E-state index contributed by atoms with van der Waals surface area (Å²) >= 11 is 0. The van der Waals surface area contributed by atoms with Crippen LogP contribution in [0.2, 0.25) is 0 Å². The zero-order valence-electron chi connectivity index (χ0n) is 16.6. The van der Waals surface area contributed by atoms with Gasteiger partial charge >= 0.3 is 0 Å². The van der Waals surface area contributed by atoms with Gasteiger partial charge in [-0.2, -0.15) is 5.10 Å². The molecule has 1 aromatic carbocycles. The molecular weight excluding hydrogens is 390 g/mol. The monoisotopic (exact) mass is 407 g/mol. The molecule has 4 aromatic heterocycles. The predicted molar refractivity (Wildman–Crippen MR) is 116 cm³/mol. The van der Waals surface area contributed by atoms with Crippen molar-refractivity contribution in [2.75, 3.05) is 5.32 Å². The van der Waals surface area contributed by atoms with Crippen molar-refractivity contribution in [3.8, 4) is 11.3 Å². The lowest BCUT2D eigenvalue weighted by atomic mass is 10.1. The number of nitrogens with zero attached hydrogens (tertiary/aromatic N) is 8. The Bertz CT molecular complexity index is 1420. The van der Waals surface area contributed by atoms with Crippen LogP contribution in [-0.4, -0.2) is 34.3 Å². The molecule has 9 nitrogen and oxygen atoms in total. The molecule has 0 saturated heterocycles. The van der Waals surface area contributed by atoms with Crippen LogP contribution in [0.15, 0.2) is 67.1 Å². The molecule has 31 heavy (non-hydrogen) atoms. The van der Waals surface area contributed by atoms with Gasteiger partial charge in [0, 0.05) is 37.5 Å². The minimum Gasteiger partial charge on any atom is -0.309 e. The Morgan fingerprint density at radius 2 is 2.00 bits per heavy atom. The van der Waals surface area contributed by atoms with Gasteiger partial charge in [0.15, 0.2) is 11.3 Å². The first-order valence-corrected chi connectivity index (χ1v) is 9.58. The van der Waals surface area contributed by atoms with E-state index in [4.69, 9.17) is 6.57 Å². The molecule has 150 valence electrons. The van der Waals surface area contributed by atoms with E-state index in [1.807, 2.05) is 60.1 Å². The lowest BCUT2D eigenvalue weighted by Crippen LogP contribution is -2.03. The minimum absolute atomic E-state index is 0.489. The van der Waals surface area contributed by atoms with Gasteiger partial charge in [-0.1, -0.05) is 29.8 Å². The SMILES string of the molecule is [C-]#[N+]c1cccc(Cc2nnc3cc(-c4ccnc(Nc5ccnn5C)n4)ccn23)c1. The van der Waals surface area contributed by atoms with Gasteiger partial charge in [0.25, 0.3) is 0 Å². The first-order valence-electron chi connectivity index (χ1n) is 9.58. The van der Waals surface area contributed by atoms with Crippen molar-refractivity contribution in [2.45, 2.75) is 6.42 Å². The van der Waals surface area contributed by atoms with Crippen LogP contribution in [0, 0.1) is 6.57 Å². The summed E-state index contributed by atoms with van der Waals surface area (Å²) in [6, 6.07) is 15.2. The molecule has 1 N–H and O–H groups in total. The van der Waals surface area contributed by atoms with E-state index in [0.717, 1.165) is 34.1 Å². The smallest absolute Gasteiger partial charge is 0.228 e. The standard InChI is InChI=1S/C22H17N9/c1-23-17-5-3-4-15(12-17)13-20-28-29-21-14-16(8-11-31(20)21)18-6-9-24-22(26-18)27-19-7-10-25-30(19)2/h3-12,14H,13H2,2H3,(H,24,26,27). The quantitative estimate of drug-likeness (QED) is 0.446. The first kappa shape index (κ1) is 18.4. The van der Waals surface area contributed by atoms with E-state index in [-0.39, 0.29) is 0 Å². The minimum atomic E-state index is 0.489. The molecule has 0 unspecified atom stereocenters. The number of pyridine rings is 1. The summed E-state index contributed by atoms with van der Waals surface area (Å²) in [6.07, 6.45) is 5.96. The van der Waals surface area contributed by atoms with E-state index < -0.39 is 0 Å². The maximum Gasteiger partial charge on any atom is 0.228 e. The van der Waals surface area contributed by atoms with Gasteiger partial charge in [-0.15, -0.1) is 10.2 Å². The number of aryl methyl sites for hydroxylation is 1. The van der Waals surface area contributed by atoms with E-state index in [1.54, 1.807) is 23.1 Å². The third kappa shape index (κ3) is 3.70. The number of rotatable bonds is 5. The van der Waals surface area contributed by atoms with Crippen LogP contribution in [0.1, 0.15) is 11.4 Å². The average Bonchev–Trinajstić information content (AvgIpc) is 3.39. The van der Waals surface area contributed by atoms with Crippen LogP contribution in [-0.2, 0) is 13.5 Å². The summed E-state index contributed by atoms with van der Waals surface area (Å²) in [4.78, 5) is 12.4. The van der Waals surface area contributed by atoms with Crippen LogP contribution in [0.5, 0.6) is 0 Å². The fourth-order valence-corrected chi connectivity index (χ4v) is 3.33. The summed E-state index contributed by atoms with van der Waals surface area (Å²) in [7, 11) is 1.85. The Hall–Kier alpha value is -4.58. The maximum absolute atomic E-state index is 7.18. The molecule has 0 atom stereocenters. The average molecular weight is 407 g/mol. The van der Waals surface area contributed by atoms with Crippen LogP contribution in [0.25, 0.3) is 21.7 Å². The topological polar surface area (TPSA) is 90.2 Å². The number of nitrogens with one attached hydrogen (secondary N) is 1. The molecular formula is C22H17N9. The Balaban J connectivity index is 1.43. The number of benzene rings is 1. The van der Waals surface area contributed by atoms with Crippen LogP contribution >= 0.6 is 0 Å². The highest BCUT2D eigenvalue weighted by Gasteiger charge is 2.10. The Morgan fingerprint density at radius 1 is 1.06 bits per heavy atom. The molecule has 0 amide bonds. The van der Waals surface area contributed by atoms with Crippen LogP contribution in [0.4, 0.5) is 17.5 Å². The molecule has 0 saturated carbocycles. The highest BCUT2D eigenvalue weighted by Crippen LogP contribution is 2.22. The normalized spacial score (nSPS) is 10.8. The van der Waals surface area contributed by atoms with Crippen LogP contribution < -0.4 is 5.32 Å². The molecule has 0 aliphatic heterocycles. The molecule has 9 heteroatoms. The Labute approximate surface area is 177 Å². The Morgan fingerprint density at radius 3 is 2.84 bits per heavy atom. The van der Waals surface area contributed by atoms with Crippen molar-refractivity contribution in [3.63, 3.8) is 0 Å². The van der Waals surface area contributed by atoms with Crippen molar-refractivity contribution in [3.05, 3.63) is 89.9 Å². The van der Waals surface area contributed by atoms with Gasteiger partial charge in [0.2, 0.25) is 5.95 Å². The van der Waals surface area contributed by atoms with Crippen molar-refractivity contribution in [1.29, 1.82) is 0 Å². The number of aromatic nitrogens is 7. The second kappa shape index (κ2) is 7.68. The highest BCUT2D eigenvalue weighted by atomic mass is 15.3. The Kier molecular flexibility index (Phi) is 4.57.